The quantitative estimate of drug-likeness (QED) is 0.831. The molecule has 16 heavy (non-hydrogen) atoms. The Bertz CT molecular complexity index is 524. The zero-order valence-corrected chi connectivity index (χ0v) is 8.71. The number of hydrogen-bond acceptors (Lipinski definition) is 3. The monoisotopic (exact) mass is 214 g/mol. The molecule has 1 N–H and O–H groups in total. The van der Waals surface area contributed by atoms with Gasteiger partial charge in [0.15, 0.2) is 0 Å². The van der Waals surface area contributed by atoms with E-state index in [0.717, 1.165) is 5.56 Å². The summed E-state index contributed by atoms with van der Waals surface area (Å²) in [5.74, 6) is -0.954. The third kappa shape index (κ3) is 1.91. The van der Waals surface area contributed by atoms with Gasteiger partial charge in [0.25, 0.3) is 0 Å². The number of aromatic carboxylic acids is 1. The van der Waals surface area contributed by atoms with E-state index < -0.39 is 5.97 Å². The summed E-state index contributed by atoms with van der Waals surface area (Å²) in [6.07, 6.45) is 4.65. The molecular formula is C12H10N2O2. The summed E-state index contributed by atoms with van der Waals surface area (Å²) >= 11 is 0. The number of nitrogens with zero attached hydrogens (tertiary/aromatic N) is 2. The van der Waals surface area contributed by atoms with Gasteiger partial charge in [0.1, 0.15) is 0 Å². The van der Waals surface area contributed by atoms with E-state index in [9.17, 15) is 4.79 Å². The van der Waals surface area contributed by atoms with Gasteiger partial charge in [-0.25, -0.2) is 4.79 Å². The Morgan fingerprint density at radius 2 is 2.12 bits per heavy atom. The van der Waals surface area contributed by atoms with E-state index in [4.69, 9.17) is 5.11 Å². The van der Waals surface area contributed by atoms with Crippen LogP contribution < -0.4 is 0 Å². The van der Waals surface area contributed by atoms with Crippen molar-refractivity contribution >= 4 is 5.97 Å². The Kier molecular flexibility index (Phi) is 2.64. The van der Waals surface area contributed by atoms with Crippen LogP contribution in [0.3, 0.4) is 0 Å². The van der Waals surface area contributed by atoms with Crippen molar-refractivity contribution in [1.29, 1.82) is 0 Å². The van der Waals surface area contributed by atoms with E-state index in [0.29, 0.717) is 11.3 Å². The van der Waals surface area contributed by atoms with E-state index in [1.165, 1.54) is 0 Å². The van der Waals surface area contributed by atoms with E-state index in [1.54, 1.807) is 30.7 Å². The first-order valence-corrected chi connectivity index (χ1v) is 4.79. The molecule has 1 aromatic carbocycles. The van der Waals surface area contributed by atoms with Crippen LogP contribution in [0.15, 0.2) is 36.8 Å². The fourth-order valence-corrected chi connectivity index (χ4v) is 1.50. The lowest BCUT2D eigenvalue weighted by atomic mass is 10.0. The van der Waals surface area contributed by atoms with Crippen molar-refractivity contribution in [3.63, 3.8) is 0 Å². The normalized spacial score (nSPS) is 10.1. The average Bonchev–Trinajstić information content (AvgIpc) is 2.30. The molecule has 0 aliphatic heterocycles. The maximum absolute atomic E-state index is 11.1. The second-order valence-electron chi connectivity index (χ2n) is 3.44. The Morgan fingerprint density at radius 1 is 1.31 bits per heavy atom. The van der Waals surface area contributed by atoms with Crippen LogP contribution in [0.25, 0.3) is 11.3 Å². The Labute approximate surface area is 92.6 Å². The van der Waals surface area contributed by atoms with E-state index >= 15 is 0 Å². The predicted molar refractivity (Wildman–Crippen MR) is 59.2 cm³/mol. The van der Waals surface area contributed by atoms with Crippen molar-refractivity contribution in [2.24, 2.45) is 0 Å². The van der Waals surface area contributed by atoms with Gasteiger partial charge < -0.3 is 5.11 Å². The minimum Gasteiger partial charge on any atom is -0.478 e. The average molecular weight is 214 g/mol. The van der Waals surface area contributed by atoms with Crippen molar-refractivity contribution in [1.82, 2.24) is 9.97 Å². The summed E-state index contributed by atoms with van der Waals surface area (Å²) in [5.41, 5.74) is 2.32. The van der Waals surface area contributed by atoms with Gasteiger partial charge >= 0.3 is 5.97 Å². The molecule has 0 radical (unpaired) electrons. The molecule has 0 fully saturated rings. The second kappa shape index (κ2) is 4.10. The molecule has 0 unspecified atom stereocenters. The van der Waals surface area contributed by atoms with Gasteiger partial charge in [-0.2, -0.15) is 0 Å². The molecule has 0 saturated heterocycles. The van der Waals surface area contributed by atoms with Gasteiger partial charge in [-0.3, -0.25) is 9.97 Å². The Morgan fingerprint density at radius 3 is 2.75 bits per heavy atom. The zero-order valence-electron chi connectivity index (χ0n) is 8.71. The van der Waals surface area contributed by atoms with Crippen LogP contribution >= 0.6 is 0 Å². The van der Waals surface area contributed by atoms with Crippen LogP contribution in [0.5, 0.6) is 0 Å². The van der Waals surface area contributed by atoms with E-state index in [1.807, 2.05) is 13.0 Å². The predicted octanol–water partition coefficient (Wildman–Crippen LogP) is 2.15. The largest absolute Gasteiger partial charge is 0.478 e. The first-order valence-electron chi connectivity index (χ1n) is 4.79. The van der Waals surface area contributed by atoms with Crippen LogP contribution in [0.4, 0.5) is 0 Å². The molecule has 0 amide bonds. The first kappa shape index (κ1) is 10.3. The third-order valence-corrected chi connectivity index (χ3v) is 2.24. The Balaban J connectivity index is 2.61. The number of benzene rings is 1. The molecule has 0 atom stereocenters. The molecule has 4 heteroatoms. The number of carboxylic acid groups (broad SMARTS) is 1. The highest BCUT2D eigenvalue weighted by Gasteiger charge is 2.12. The van der Waals surface area contributed by atoms with Gasteiger partial charge in [-0.1, -0.05) is 17.7 Å². The number of aromatic nitrogens is 2. The molecular weight excluding hydrogens is 204 g/mol. The lowest BCUT2D eigenvalue weighted by Crippen LogP contribution is -2.01. The molecule has 1 aromatic heterocycles. The first-order chi connectivity index (χ1) is 7.68. The molecule has 0 aliphatic rings. The van der Waals surface area contributed by atoms with Crippen molar-refractivity contribution in [2.75, 3.05) is 0 Å². The highest BCUT2D eigenvalue weighted by Crippen LogP contribution is 2.22. The zero-order chi connectivity index (χ0) is 11.5. The summed E-state index contributed by atoms with van der Waals surface area (Å²) < 4.78 is 0. The topological polar surface area (TPSA) is 63.1 Å². The number of hydrogen-bond donors (Lipinski definition) is 1. The molecule has 0 bridgehead atoms. The van der Waals surface area contributed by atoms with E-state index in [2.05, 4.69) is 9.97 Å². The molecule has 80 valence electrons. The van der Waals surface area contributed by atoms with Crippen LogP contribution in [-0.2, 0) is 0 Å². The molecule has 2 rings (SSSR count). The molecule has 1 heterocycles. The van der Waals surface area contributed by atoms with Gasteiger partial charge in [-0.15, -0.1) is 0 Å². The van der Waals surface area contributed by atoms with Crippen molar-refractivity contribution in [2.45, 2.75) is 6.92 Å². The Hall–Kier alpha value is -2.23. The van der Waals surface area contributed by atoms with Crippen LogP contribution in [0.1, 0.15) is 15.9 Å². The summed E-state index contributed by atoms with van der Waals surface area (Å²) in [4.78, 5) is 19.1. The van der Waals surface area contributed by atoms with Gasteiger partial charge in [0, 0.05) is 18.0 Å². The maximum atomic E-state index is 11.1. The summed E-state index contributed by atoms with van der Waals surface area (Å²) in [7, 11) is 0. The second-order valence-corrected chi connectivity index (χ2v) is 3.44. The fourth-order valence-electron chi connectivity index (χ4n) is 1.50. The third-order valence-electron chi connectivity index (χ3n) is 2.24. The lowest BCUT2D eigenvalue weighted by molar-refractivity contribution is 0.0697. The number of aryl methyl sites for hydroxylation is 1. The summed E-state index contributed by atoms with van der Waals surface area (Å²) in [6, 6.07) is 5.24. The minimum absolute atomic E-state index is 0.250. The van der Waals surface area contributed by atoms with Crippen molar-refractivity contribution < 1.29 is 9.90 Å². The van der Waals surface area contributed by atoms with Gasteiger partial charge in [0.05, 0.1) is 17.5 Å². The van der Waals surface area contributed by atoms with Crippen LogP contribution in [0.2, 0.25) is 0 Å². The molecule has 0 spiro atoms. The van der Waals surface area contributed by atoms with Crippen LogP contribution in [0, 0.1) is 6.92 Å². The van der Waals surface area contributed by atoms with Gasteiger partial charge in [0.2, 0.25) is 0 Å². The molecule has 0 aliphatic carbocycles. The van der Waals surface area contributed by atoms with Crippen molar-refractivity contribution in [3.05, 3.63) is 47.9 Å². The maximum Gasteiger partial charge on any atom is 0.336 e. The SMILES string of the molecule is Cc1ccc(-c2cnccn2)c(C(=O)O)c1. The summed E-state index contributed by atoms with van der Waals surface area (Å²) in [6.45, 7) is 1.85. The van der Waals surface area contributed by atoms with Gasteiger partial charge in [-0.05, 0) is 13.0 Å². The van der Waals surface area contributed by atoms with E-state index in [-0.39, 0.29) is 5.56 Å². The highest BCUT2D eigenvalue weighted by atomic mass is 16.4. The van der Waals surface area contributed by atoms with Crippen LogP contribution in [-0.4, -0.2) is 21.0 Å². The lowest BCUT2D eigenvalue weighted by Gasteiger charge is -2.05. The highest BCUT2D eigenvalue weighted by molar-refractivity contribution is 5.95. The smallest absolute Gasteiger partial charge is 0.336 e. The number of rotatable bonds is 2. The summed E-state index contributed by atoms with van der Waals surface area (Å²) in [5, 5.41) is 9.10. The minimum atomic E-state index is -0.954. The standard InChI is InChI=1S/C12H10N2O2/c1-8-2-3-9(10(6-8)12(15)16)11-7-13-4-5-14-11/h2-7H,1H3,(H,15,16). The fraction of sp³-hybridized carbons (Fsp3) is 0.0833. The van der Waals surface area contributed by atoms with Crippen molar-refractivity contribution in [3.8, 4) is 11.3 Å². The number of carbonyl (C=O) groups is 1. The molecule has 4 nitrogen and oxygen atoms in total. The number of carboxylic acids is 1. The molecule has 2 aromatic rings. The molecule has 0 saturated carbocycles.